The first-order chi connectivity index (χ1) is 15.3. The molecule has 1 amide bonds. The lowest BCUT2D eigenvalue weighted by atomic mass is 9.79. The van der Waals surface area contributed by atoms with E-state index in [2.05, 4.69) is 34.8 Å². The highest BCUT2D eigenvalue weighted by atomic mass is 32.1. The number of furan rings is 1. The first-order valence-electron chi connectivity index (χ1n) is 10.2. The molecule has 6 nitrogen and oxygen atoms in total. The predicted octanol–water partition coefficient (Wildman–Crippen LogP) is 5.58. The van der Waals surface area contributed by atoms with E-state index in [0.29, 0.717) is 5.76 Å². The Morgan fingerprint density at radius 1 is 1.26 bits per heavy atom. The number of hydrogen-bond donors (Lipinski definition) is 0. The standard InChI is InChI=1S/C23H21N3O3S2/c27-21(15-29-24-14-17-6-2-10-28-17)26-23(20-9-4-12-31-20)19-8-1-5-16(22(19)25-26)13-18-7-3-11-30-18/h2-4,6-7,9-14,19,23H,1,5,8,15H2. The maximum atomic E-state index is 13.1. The van der Waals surface area contributed by atoms with Crippen LogP contribution in [0.4, 0.5) is 0 Å². The molecule has 2 atom stereocenters. The lowest BCUT2D eigenvalue weighted by molar-refractivity contribution is -0.138. The molecule has 3 aromatic heterocycles. The van der Waals surface area contributed by atoms with Crippen molar-refractivity contribution in [3.63, 3.8) is 0 Å². The molecule has 8 heteroatoms. The Hall–Kier alpha value is -2.97. The molecule has 0 radical (unpaired) electrons. The summed E-state index contributed by atoms with van der Waals surface area (Å²) in [5, 5.41) is 14.4. The smallest absolute Gasteiger partial charge is 0.284 e. The summed E-state index contributed by atoms with van der Waals surface area (Å²) in [4.78, 5) is 20.7. The summed E-state index contributed by atoms with van der Waals surface area (Å²) in [6.45, 7) is -0.174. The fourth-order valence-corrected chi connectivity index (χ4v) is 5.66. The second-order valence-electron chi connectivity index (χ2n) is 7.39. The summed E-state index contributed by atoms with van der Waals surface area (Å²) < 4.78 is 5.17. The van der Waals surface area contributed by atoms with Crippen LogP contribution in [0.3, 0.4) is 0 Å². The van der Waals surface area contributed by atoms with Crippen LogP contribution >= 0.6 is 22.7 Å². The van der Waals surface area contributed by atoms with Gasteiger partial charge in [-0.2, -0.15) is 5.10 Å². The minimum Gasteiger partial charge on any atom is -0.463 e. The number of hydrazone groups is 1. The third kappa shape index (κ3) is 4.26. The van der Waals surface area contributed by atoms with Gasteiger partial charge in [-0.05, 0) is 65.9 Å². The van der Waals surface area contributed by atoms with Gasteiger partial charge in [0.1, 0.15) is 12.0 Å². The number of carbonyl (C=O) groups is 1. The summed E-state index contributed by atoms with van der Waals surface area (Å²) in [7, 11) is 0. The molecule has 4 heterocycles. The minimum absolute atomic E-state index is 0.0906. The van der Waals surface area contributed by atoms with E-state index in [-0.39, 0.29) is 24.5 Å². The molecular formula is C23H21N3O3S2. The van der Waals surface area contributed by atoms with Crippen molar-refractivity contribution in [1.29, 1.82) is 0 Å². The Balaban J connectivity index is 1.38. The van der Waals surface area contributed by atoms with Crippen molar-refractivity contribution in [2.45, 2.75) is 25.3 Å². The Kier molecular flexibility index (Phi) is 5.82. The molecule has 1 aliphatic carbocycles. The highest BCUT2D eigenvalue weighted by molar-refractivity contribution is 7.11. The molecule has 158 valence electrons. The molecule has 1 fully saturated rings. The third-order valence-corrected chi connectivity index (χ3v) is 7.20. The monoisotopic (exact) mass is 451 g/mol. The molecule has 0 bridgehead atoms. The van der Waals surface area contributed by atoms with Gasteiger partial charge >= 0.3 is 0 Å². The second-order valence-corrected chi connectivity index (χ2v) is 9.35. The van der Waals surface area contributed by atoms with Crippen LogP contribution in [0.25, 0.3) is 6.08 Å². The van der Waals surface area contributed by atoms with E-state index in [4.69, 9.17) is 14.4 Å². The highest BCUT2D eigenvalue weighted by Crippen LogP contribution is 2.45. The Morgan fingerprint density at radius 3 is 2.94 bits per heavy atom. The fourth-order valence-electron chi connectivity index (χ4n) is 4.10. The van der Waals surface area contributed by atoms with Gasteiger partial charge in [0.25, 0.3) is 5.91 Å². The van der Waals surface area contributed by atoms with E-state index in [1.54, 1.807) is 46.1 Å². The fraction of sp³-hybridized carbons (Fsp3) is 0.261. The number of amides is 1. The number of hydrogen-bond acceptors (Lipinski definition) is 7. The van der Waals surface area contributed by atoms with Crippen LogP contribution < -0.4 is 0 Å². The lowest BCUT2D eigenvalue weighted by Crippen LogP contribution is -2.33. The van der Waals surface area contributed by atoms with Crippen molar-refractivity contribution < 1.29 is 14.0 Å². The largest absolute Gasteiger partial charge is 0.463 e. The van der Waals surface area contributed by atoms with E-state index in [9.17, 15) is 4.79 Å². The van der Waals surface area contributed by atoms with E-state index in [0.717, 1.165) is 29.9 Å². The predicted molar refractivity (Wildman–Crippen MR) is 123 cm³/mol. The van der Waals surface area contributed by atoms with Gasteiger partial charge in [0, 0.05) is 15.7 Å². The molecule has 0 spiro atoms. The van der Waals surface area contributed by atoms with Crippen LogP contribution in [-0.2, 0) is 9.63 Å². The summed E-state index contributed by atoms with van der Waals surface area (Å²) in [6.07, 6.45) is 8.32. The Bertz CT molecular complexity index is 1100. The average molecular weight is 452 g/mol. The van der Waals surface area contributed by atoms with E-state index in [1.807, 2.05) is 11.4 Å². The summed E-state index contributed by atoms with van der Waals surface area (Å²) in [5.74, 6) is 0.571. The van der Waals surface area contributed by atoms with Gasteiger partial charge in [-0.25, -0.2) is 5.01 Å². The van der Waals surface area contributed by atoms with Gasteiger partial charge in [0.15, 0.2) is 6.61 Å². The molecular weight excluding hydrogens is 430 g/mol. The molecule has 1 saturated carbocycles. The average Bonchev–Trinajstić information content (AvgIpc) is 3.58. The first kappa shape index (κ1) is 20.0. The number of oxime groups is 1. The maximum Gasteiger partial charge on any atom is 0.284 e. The van der Waals surface area contributed by atoms with E-state index >= 15 is 0 Å². The van der Waals surface area contributed by atoms with Crippen LogP contribution in [0.5, 0.6) is 0 Å². The van der Waals surface area contributed by atoms with Crippen molar-refractivity contribution in [1.82, 2.24) is 5.01 Å². The number of allylic oxidation sites excluding steroid dienone is 1. The van der Waals surface area contributed by atoms with Crippen LogP contribution in [0, 0.1) is 5.92 Å². The van der Waals surface area contributed by atoms with Gasteiger partial charge < -0.3 is 9.25 Å². The van der Waals surface area contributed by atoms with Crippen molar-refractivity contribution in [2.75, 3.05) is 6.61 Å². The van der Waals surface area contributed by atoms with E-state index in [1.165, 1.54) is 16.7 Å². The highest BCUT2D eigenvalue weighted by Gasteiger charge is 2.44. The number of fused-ring (bicyclic) bond motifs is 1. The number of thiophene rings is 2. The molecule has 0 aromatic carbocycles. The first-order valence-corrected chi connectivity index (χ1v) is 11.9. The zero-order valence-corrected chi connectivity index (χ0v) is 18.3. The molecule has 0 saturated heterocycles. The van der Waals surface area contributed by atoms with Gasteiger partial charge in [0.2, 0.25) is 0 Å². The van der Waals surface area contributed by atoms with Gasteiger partial charge in [0.05, 0.1) is 18.0 Å². The number of carbonyl (C=O) groups excluding carboxylic acids is 1. The Labute approximate surface area is 188 Å². The Morgan fingerprint density at radius 2 is 2.16 bits per heavy atom. The zero-order valence-electron chi connectivity index (χ0n) is 16.7. The number of rotatable bonds is 6. The molecule has 1 aliphatic heterocycles. The molecule has 2 unspecified atom stereocenters. The van der Waals surface area contributed by atoms with Crippen molar-refractivity contribution in [3.8, 4) is 0 Å². The topological polar surface area (TPSA) is 67.4 Å². The zero-order chi connectivity index (χ0) is 21.0. The van der Waals surface area contributed by atoms with Crippen LogP contribution in [-0.4, -0.2) is 29.4 Å². The lowest BCUT2D eigenvalue weighted by Gasteiger charge is -2.28. The van der Waals surface area contributed by atoms with Crippen LogP contribution in [0.2, 0.25) is 0 Å². The SMILES string of the molecule is O=C(CON=Cc1ccco1)N1N=C2C(=Cc3cccs3)CCCC2C1c1cccs1. The van der Waals surface area contributed by atoms with Crippen LogP contribution in [0.1, 0.15) is 40.8 Å². The summed E-state index contributed by atoms with van der Waals surface area (Å²) in [6, 6.07) is 11.7. The van der Waals surface area contributed by atoms with Gasteiger partial charge in [-0.1, -0.05) is 17.3 Å². The van der Waals surface area contributed by atoms with Crippen molar-refractivity contribution in [3.05, 3.63) is 74.5 Å². The van der Waals surface area contributed by atoms with Crippen LogP contribution in [0.15, 0.2) is 73.7 Å². The van der Waals surface area contributed by atoms with Gasteiger partial charge in [-0.15, -0.1) is 22.7 Å². The summed E-state index contributed by atoms with van der Waals surface area (Å²) in [5.41, 5.74) is 2.26. The molecule has 2 aliphatic rings. The summed E-state index contributed by atoms with van der Waals surface area (Å²) >= 11 is 3.38. The number of nitrogens with zero attached hydrogens (tertiary/aromatic N) is 3. The van der Waals surface area contributed by atoms with E-state index < -0.39 is 0 Å². The molecule has 5 rings (SSSR count). The second kappa shape index (κ2) is 9.03. The van der Waals surface area contributed by atoms with Crippen molar-refractivity contribution in [2.24, 2.45) is 16.2 Å². The normalized spacial score (nSPS) is 22.1. The quantitative estimate of drug-likeness (QED) is 0.363. The molecule has 0 N–H and O–H groups in total. The third-order valence-electron chi connectivity index (χ3n) is 5.44. The van der Waals surface area contributed by atoms with Crippen molar-refractivity contribution >= 4 is 46.6 Å². The van der Waals surface area contributed by atoms with Gasteiger partial charge in [-0.3, -0.25) is 4.79 Å². The maximum absolute atomic E-state index is 13.1. The molecule has 31 heavy (non-hydrogen) atoms. The molecule has 3 aromatic rings. The minimum atomic E-state index is -0.202.